The number of amides is 2. The average molecular weight is 290 g/mol. The molecule has 1 aliphatic rings. The van der Waals surface area contributed by atoms with Crippen molar-refractivity contribution in [2.24, 2.45) is 0 Å². The molecule has 0 bridgehead atoms. The normalized spacial score (nSPS) is 15.9. The third-order valence-corrected chi connectivity index (χ3v) is 4.07. The van der Waals surface area contributed by atoms with Gasteiger partial charge in [0.15, 0.2) is 0 Å². The Morgan fingerprint density at radius 2 is 2.00 bits per heavy atom. The Hall–Kier alpha value is -2.04. The van der Waals surface area contributed by atoms with Gasteiger partial charge in [0.05, 0.1) is 6.42 Å². The monoisotopic (exact) mass is 290 g/mol. The van der Waals surface area contributed by atoms with Crippen molar-refractivity contribution < 1.29 is 14.7 Å². The molecule has 0 heterocycles. The van der Waals surface area contributed by atoms with Crippen molar-refractivity contribution in [1.29, 1.82) is 0 Å². The van der Waals surface area contributed by atoms with E-state index in [1.165, 1.54) is 4.90 Å². The van der Waals surface area contributed by atoms with Crippen molar-refractivity contribution in [3.8, 4) is 0 Å². The smallest absolute Gasteiger partial charge is 0.322 e. The van der Waals surface area contributed by atoms with E-state index in [0.717, 1.165) is 30.5 Å². The first-order valence-corrected chi connectivity index (χ1v) is 7.28. The summed E-state index contributed by atoms with van der Waals surface area (Å²) in [6.45, 7) is 4.12. The first-order chi connectivity index (χ1) is 9.91. The molecule has 0 spiro atoms. The van der Waals surface area contributed by atoms with Crippen LogP contribution in [-0.2, 0) is 4.79 Å². The van der Waals surface area contributed by atoms with Gasteiger partial charge in [-0.25, -0.2) is 4.79 Å². The quantitative estimate of drug-likeness (QED) is 0.876. The Bertz CT molecular complexity index is 538. The van der Waals surface area contributed by atoms with Crippen LogP contribution in [0.1, 0.15) is 38.2 Å². The molecule has 114 valence electrons. The number of benzene rings is 1. The van der Waals surface area contributed by atoms with Crippen molar-refractivity contribution in [2.45, 2.75) is 45.1 Å². The average Bonchev–Trinajstić information content (AvgIpc) is 2.38. The molecule has 0 radical (unpaired) electrons. The molecule has 1 saturated carbocycles. The van der Waals surface area contributed by atoms with E-state index in [1.54, 1.807) is 0 Å². The minimum absolute atomic E-state index is 0.0710. The number of hydrogen-bond donors (Lipinski definition) is 2. The fraction of sp³-hybridized carbons (Fsp3) is 0.500. The fourth-order valence-corrected chi connectivity index (χ4v) is 2.56. The Labute approximate surface area is 125 Å². The van der Waals surface area contributed by atoms with Crippen LogP contribution in [0.15, 0.2) is 24.3 Å². The fourth-order valence-electron chi connectivity index (χ4n) is 2.56. The molecule has 2 rings (SSSR count). The second kappa shape index (κ2) is 6.16. The van der Waals surface area contributed by atoms with E-state index in [0.29, 0.717) is 0 Å². The lowest BCUT2D eigenvalue weighted by Gasteiger charge is -2.40. The van der Waals surface area contributed by atoms with E-state index in [4.69, 9.17) is 5.11 Å². The molecule has 0 aromatic heterocycles. The molecule has 0 unspecified atom stereocenters. The largest absolute Gasteiger partial charge is 0.481 e. The summed E-state index contributed by atoms with van der Waals surface area (Å²) in [5.41, 5.74) is 1.57. The molecule has 0 atom stereocenters. The van der Waals surface area contributed by atoms with Crippen LogP contribution in [0.4, 0.5) is 10.5 Å². The molecular weight excluding hydrogens is 268 g/mol. The lowest BCUT2D eigenvalue weighted by Crippen LogP contribution is -2.55. The summed E-state index contributed by atoms with van der Waals surface area (Å²) < 4.78 is 0. The number of urea groups is 1. The lowest BCUT2D eigenvalue weighted by atomic mass is 9.79. The molecule has 0 aliphatic heterocycles. The number of rotatable bonds is 5. The van der Waals surface area contributed by atoms with Gasteiger partial charge in [-0.3, -0.25) is 9.69 Å². The van der Waals surface area contributed by atoms with Gasteiger partial charge in [0.1, 0.15) is 0 Å². The Kier molecular flexibility index (Phi) is 4.50. The number of aryl methyl sites for hydroxylation is 1. The zero-order valence-corrected chi connectivity index (χ0v) is 12.6. The SMILES string of the molecule is Cc1ccccc1N(CCC(=O)O)C(=O)NC1(C)CCC1. The topological polar surface area (TPSA) is 69.6 Å². The molecule has 1 aromatic carbocycles. The van der Waals surface area contributed by atoms with Crippen molar-refractivity contribution in [2.75, 3.05) is 11.4 Å². The maximum Gasteiger partial charge on any atom is 0.322 e. The van der Waals surface area contributed by atoms with Gasteiger partial charge in [-0.1, -0.05) is 18.2 Å². The highest BCUT2D eigenvalue weighted by molar-refractivity contribution is 5.93. The van der Waals surface area contributed by atoms with Crippen LogP contribution >= 0.6 is 0 Å². The van der Waals surface area contributed by atoms with Gasteiger partial charge in [-0.15, -0.1) is 0 Å². The third kappa shape index (κ3) is 3.74. The molecule has 2 amide bonds. The van der Waals surface area contributed by atoms with E-state index >= 15 is 0 Å². The Morgan fingerprint density at radius 1 is 1.33 bits per heavy atom. The summed E-state index contributed by atoms with van der Waals surface area (Å²) >= 11 is 0. The van der Waals surface area contributed by atoms with Crippen LogP contribution in [0.2, 0.25) is 0 Å². The predicted octanol–water partition coefficient (Wildman–Crippen LogP) is 2.93. The number of carbonyl (C=O) groups excluding carboxylic acids is 1. The van der Waals surface area contributed by atoms with Gasteiger partial charge in [0.25, 0.3) is 0 Å². The molecule has 2 N–H and O–H groups in total. The van der Waals surface area contributed by atoms with Crippen LogP contribution in [0.25, 0.3) is 0 Å². The lowest BCUT2D eigenvalue weighted by molar-refractivity contribution is -0.136. The third-order valence-electron chi connectivity index (χ3n) is 4.07. The van der Waals surface area contributed by atoms with Crippen molar-refractivity contribution in [3.05, 3.63) is 29.8 Å². The van der Waals surface area contributed by atoms with E-state index in [9.17, 15) is 9.59 Å². The van der Waals surface area contributed by atoms with Crippen molar-refractivity contribution >= 4 is 17.7 Å². The van der Waals surface area contributed by atoms with Crippen molar-refractivity contribution in [3.63, 3.8) is 0 Å². The van der Waals surface area contributed by atoms with Crippen LogP contribution in [-0.4, -0.2) is 29.2 Å². The molecule has 5 nitrogen and oxygen atoms in total. The zero-order valence-electron chi connectivity index (χ0n) is 12.6. The molecule has 1 fully saturated rings. The van der Waals surface area contributed by atoms with E-state index < -0.39 is 5.97 Å². The summed E-state index contributed by atoms with van der Waals surface area (Å²) in [4.78, 5) is 24.9. The minimum atomic E-state index is -0.906. The summed E-state index contributed by atoms with van der Waals surface area (Å²) in [6.07, 6.45) is 2.99. The number of anilines is 1. The van der Waals surface area contributed by atoms with Gasteiger partial charge < -0.3 is 10.4 Å². The molecule has 0 saturated heterocycles. The number of nitrogens with zero attached hydrogens (tertiary/aromatic N) is 1. The molecule has 21 heavy (non-hydrogen) atoms. The number of carbonyl (C=O) groups is 2. The van der Waals surface area contributed by atoms with Crippen LogP contribution in [0.3, 0.4) is 0 Å². The van der Waals surface area contributed by atoms with Gasteiger partial charge in [0.2, 0.25) is 0 Å². The molecular formula is C16H22N2O3. The first-order valence-electron chi connectivity index (χ1n) is 7.28. The minimum Gasteiger partial charge on any atom is -0.481 e. The molecule has 1 aromatic rings. The van der Waals surface area contributed by atoms with E-state index in [1.807, 2.05) is 38.1 Å². The predicted molar refractivity (Wildman–Crippen MR) is 81.6 cm³/mol. The number of nitrogens with one attached hydrogen (secondary N) is 1. The standard InChI is InChI=1S/C16H22N2O3/c1-12-6-3-4-7-13(12)18(11-8-14(19)20)15(21)17-16(2)9-5-10-16/h3-4,6-7H,5,8-11H2,1-2H3,(H,17,21)(H,19,20). The Balaban J connectivity index is 2.17. The summed E-state index contributed by atoms with van der Waals surface area (Å²) in [6, 6.07) is 7.31. The Morgan fingerprint density at radius 3 is 2.52 bits per heavy atom. The number of para-hydroxylation sites is 1. The number of aliphatic carboxylic acids is 1. The van der Waals surface area contributed by atoms with Gasteiger partial charge in [-0.05, 0) is 44.7 Å². The van der Waals surface area contributed by atoms with Crippen LogP contribution < -0.4 is 10.2 Å². The number of carboxylic acid groups (broad SMARTS) is 1. The zero-order chi connectivity index (χ0) is 15.5. The maximum absolute atomic E-state index is 12.5. The highest BCUT2D eigenvalue weighted by Crippen LogP contribution is 2.31. The summed E-state index contributed by atoms with van der Waals surface area (Å²) in [5, 5.41) is 11.9. The first kappa shape index (κ1) is 15.4. The number of carboxylic acids is 1. The van der Waals surface area contributed by atoms with Gasteiger partial charge in [0, 0.05) is 17.8 Å². The van der Waals surface area contributed by atoms with Gasteiger partial charge >= 0.3 is 12.0 Å². The second-order valence-electron chi connectivity index (χ2n) is 5.93. The van der Waals surface area contributed by atoms with Crippen LogP contribution in [0, 0.1) is 6.92 Å². The second-order valence-corrected chi connectivity index (χ2v) is 5.93. The van der Waals surface area contributed by atoms with E-state index in [-0.39, 0.29) is 24.5 Å². The maximum atomic E-state index is 12.5. The molecule has 5 heteroatoms. The highest BCUT2D eigenvalue weighted by Gasteiger charge is 2.34. The number of hydrogen-bond acceptors (Lipinski definition) is 2. The summed E-state index contributed by atoms with van der Waals surface area (Å²) in [7, 11) is 0. The van der Waals surface area contributed by atoms with E-state index in [2.05, 4.69) is 5.32 Å². The molecule has 1 aliphatic carbocycles. The van der Waals surface area contributed by atoms with Crippen molar-refractivity contribution in [1.82, 2.24) is 5.32 Å². The summed E-state index contributed by atoms with van der Waals surface area (Å²) in [5.74, 6) is -0.906. The van der Waals surface area contributed by atoms with Crippen LogP contribution in [0.5, 0.6) is 0 Å². The highest BCUT2D eigenvalue weighted by atomic mass is 16.4. The van der Waals surface area contributed by atoms with Gasteiger partial charge in [-0.2, -0.15) is 0 Å².